The van der Waals surface area contributed by atoms with Gasteiger partial charge >= 0.3 is 12.1 Å². The van der Waals surface area contributed by atoms with Crippen molar-refractivity contribution in [2.75, 3.05) is 6.61 Å². The molecule has 6 heteroatoms. The molecular formula is C13H15NO5. The lowest BCUT2D eigenvalue weighted by Crippen LogP contribution is -2.42. The van der Waals surface area contributed by atoms with E-state index in [-0.39, 0.29) is 18.8 Å². The number of phenolic OH excluding ortho intramolecular Hbond substituents is 1. The number of ether oxygens (including phenoxy) is 1. The van der Waals surface area contributed by atoms with Crippen molar-refractivity contribution in [3.63, 3.8) is 0 Å². The molecule has 1 atom stereocenters. The summed E-state index contributed by atoms with van der Waals surface area (Å²) in [6, 6.07) is 4.97. The van der Waals surface area contributed by atoms with E-state index in [0.717, 1.165) is 0 Å². The first-order valence-corrected chi connectivity index (χ1v) is 5.58. The topological polar surface area (TPSA) is 95.9 Å². The highest BCUT2D eigenvalue weighted by atomic mass is 16.5. The SMILES string of the molecule is C=CCOC(=O)NC(Cc1ccc(O)cc1)C(=O)O. The number of alkyl carbamates (subject to hydrolysis) is 1. The van der Waals surface area contributed by atoms with Crippen molar-refractivity contribution in [2.45, 2.75) is 12.5 Å². The number of phenols is 1. The number of aliphatic carboxylic acids is 1. The van der Waals surface area contributed by atoms with E-state index in [1.54, 1.807) is 12.1 Å². The van der Waals surface area contributed by atoms with Gasteiger partial charge in [0.05, 0.1) is 0 Å². The van der Waals surface area contributed by atoms with E-state index in [9.17, 15) is 9.59 Å². The molecule has 0 aliphatic heterocycles. The number of amides is 1. The molecule has 1 aromatic rings. The fourth-order valence-electron chi connectivity index (χ4n) is 1.39. The first-order valence-electron chi connectivity index (χ1n) is 5.58. The maximum absolute atomic E-state index is 11.3. The van der Waals surface area contributed by atoms with Crippen LogP contribution in [0.4, 0.5) is 4.79 Å². The van der Waals surface area contributed by atoms with Crippen LogP contribution in [0.1, 0.15) is 5.56 Å². The lowest BCUT2D eigenvalue weighted by atomic mass is 10.1. The maximum atomic E-state index is 11.3. The number of carbonyl (C=O) groups excluding carboxylic acids is 1. The molecule has 1 rings (SSSR count). The largest absolute Gasteiger partial charge is 0.508 e. The molecule has 0 fully saturated rings. The molecule has 0 heterocycles. The Morgan fingerprint density at radius 2 is 2.00 bits per heavy atom. The minimum Gasteiger partial charge on any atom is -0.508 e. The molecule has 0 radical (unpaired) electrons. The van der Waals surface area contributed by atoms with Crippen LogP contribution in [-0.2, 0) is 16.0 Å². The Hall–Kier alpha value is -2.50. The quantitative estimate of drug-likeness (QED) is 0.674. The third-order valence-corrected chi connectivity index (χ3v) is 2.30. The van der Waals surface area contributed by atoms with Gasteiger partial charge in [0.25, 0.3) is 0 Å². The van der Waals surface area contributed by atoms with E-state index >= 15 is 0 Å². The number of rotatable bonds is 6. The summed E-state index contributed by atoms with van der Waals surface area (Å²) < 4.78 is 4.66. The van der Waals surface area contributed by atoms with Crippen molar-refractivity contribution in [1.82, 2.24) is 5.32 Å². The number of carboxylic acid groups (broad SMARTS) is 1. The van der Waals surface area contributed by atoms with Crippen LogP contribution in [0, 0.1) is 0 Å². The number of benzene rings is 1. The van der Waals surface area contributed by atoms with E-state index in [0.29, 0.717) is 5.56 Å². The molecule has 19 heavy (non-hydrogen) atoms. The minimum absolute atomic E-state index is 0.0113. The smallest absolute Gasteiger partial charge is 0.408 e. The standard InChI is InChI=1S/C13H15NO5/c1-2-7-19-13(18)14-11(12(16)17)8-9-3-5-10(15)6-4-9/h2-6,11,15H,1,7-8H2,(H,14,18)(H,16,17). The second kappa shape index (κ2) is 7.05. The van der Waals surface area contributed by atoms with Gasteiger partial charge in [-0.3, -0.25) is 0 Å². The highest BCUT2D eigenvalue weighted by Gasteiger charge is 2.20. The molecule has 6 nitrogen and oxygen atoms in total. The lowest BCUT2D eigenvalue weighted by molar-refractivity contribution is -0.139. The van der Waals surface area contributed by atoms with Crippen LogP contribution in [0.2, 0.25) is 0 Å². The number of carbonyl (C=O) groups is 2. The number of aromatic hydroxyl groups is 1. The van der Waals surface area contributed by atoms with Gasteiger partial charge in [-0.15, -0.1) is 0 Å². The van der Waals surface area contributed by atoms with Crippen molar-refractivity contribution in [1.29, 1.82) is 0 Å². The second-order valence-electron chi connectivity index (χ2n) is 3.79. The van der Waals surface area contributed by atoms with Crippen molar-refractivity contribution < 1.29 is 24.5 Å². The fraction of sp³-hybridized carbons (Fsp3) is 0.231. The highest BCUT2D eigenvalue weighted by molar-refractivity contribution is 5.80. The van der Waals surface area contributed by atoms with Gasteiger partial charge in [-0.25, -0.2) is 9.59 Å². The summed E-state index contributed by atoms with van der Waals surface area (Å²) in [5, 5.41) is 20.4. The van der Waals surface area contributed by atoms with Crippen LogP contribution in [0.3, 0.4) is 0 Å². The molecule has 0 aliphatic rings. The summed E-state index contributed by atoms with van der Waals surface area (Å²) >= 11 is 0. The van der Waals surface area contributed by atoms with Gasteiger partial charge in [-0.2, -0.15) is 0 Å². The third kappa shape index (κ3) is 5.12. The number of hydrogen-bond donors (Lipinski definition) is 3. The predicted octanol–water partition coefficient (Wildman–Crippen LogP) is 1.30. The Morgan fingerprint density at radius 3 is 2.53 bits per heavy atom. The predicted molar refractivity (Wildman–Crippen MR) is 67.9 cm³/mol. The molecule has 1 amide bonds. The van der Waals surface area contributed by atoms with Gasteiger partial charge in [0.15, 0.2) is 0 Å². The van der Waals surface area contributed by atoms with Crippen LogP contribution in [-0.4, -0.2) is 34.9 Å². The van der Waals surface area contributed by atoms with Gasteiger partial charge in [-0.1, -0.05) is 24.8 Å². The number of hydrogen-bond acceptors (Lipinski definition) is 4. The zero-order valence-corrected chi connectivity index (χ0v) is 10.2. The molecule has 0 saturated carbocycles. The highest BCUT2D eigenvalue weighted by Crippen LogP contribution is 2.11. The van der Waals surface area contributed by atoms with Gasteiger partial charge in [-0.05, 0) is 17.7 Å². The molecular weight excluding hydrogens is 250 g/mol. The molecule has 0 saturated heterocycles. The van der Waals surface area contributed by atoms with Gasteiger partial charge < -0.3 is 20.3 Å². The third-order valence-electron chi connectivity index (χ3n) is 2.30. The second-order valence-corrected chi connectivity index (χ2v) is 3.79. The minimum atomic E-state index is -1.16. The van der Waals surface area contributed by atoms with Crippen LogP contribution in [0.25, 0.3) is 0 Å². The first-order chi connectivity index (χ1) is 9.02. The Morgan fingerprint density at radius 1 is 1.37 bits per heavy atom. The number of carboxylic acids is 1. The fourth-order valence-corrected chi connectivity index (χ4v) is 1.39. The monoisotopic (exact) mass is 265 g/mol. The Labute approximate surface area is 110 Å². The first kappa shape index (κ1) is 14.6. The number of nitrogens with one attached hydrogen (secondary N) is 1. The van der Waals surface area contributed by atoms with E-state index < -0.39 is 18.1 Å². The molecule has 102 valence electrons. The summed E-state index contributed by atoms with van der Waals surface area (Å²) in [6.45, 7) is 3.39. The average Bonchev–Trinajstić information content (AvgIpc) is 2.38. The van der Waals surface area contributed by atoms with Gasteiger partial charge in [0.1, 0.15) is 18.4 Å². The zero-order chi connectivity index (χ0) is 14.3. The Balaban J connectivity index is 2.62. The van der Waals surface area contributed by atoms with Crippen molar-refractivity contribution in [3.05, 3.63) is 42.5 Å². The van der Waals surface area contributed by atoms with Crippen molar-refractivity contribution >= 4 is 12.1 Å². The molecule has 0 aliphatic carbocycles. The Bertz CT molecular complexity index is 455. The van der Waals surface area contributed by atoms with Crippen molar-refractivity contribution in [3.8, 4) is 5.75 Å². The molecule has 0 bridgehead atoms. The van der Waals surface area contributed by atoms with E-state index in [4.69, 9.17) is 10.2 Å². The van der Waals surface area contributed by atoms with E-state index in [1.165, 1.54) is 18.2 Å². The van der Waals surface area contributed by atoms with Gasteiger partial charge in [0.2, 0.25) is 0 Å². The molecule has 0 aromatic heterocycles. The van der Waals surface area contributed by atoms with Crippen LogP contribution >= 0.6 is 0 Å². The molecule has 3 N–H and O–H groups in total. The molecule has 1 aromatic carbocycles. The summed E-state index contributed by atoms with van der Waals surface area (Å²) in [5.41, 5.74) is 0.675. The Kier molecular flexibility index (Phi) is 5.40. The van der Waals surface area contributed by atoms with Crippen molar-refractivity contribution in [2.24, 2.45) is 0 Å². The van der Waals surface area contributed by atoms with Crippen LogP contribution in [0.15, 0.2) is 36.9 Å². The normalized spacial score (nSPS) is 11.4. The summed E-state index contributed by atoms with van der Waals surface area (Å²) in [7, 11) is 0. The van der Waals surface area contributed by atoms with E-state index in [2.05, 4.69) is 16.6 Å². The van der Waals surface area contributed by atoms with E-state index in [1.807, 2.05) is 0 Å². The summed E-state index contributed by atoms with van der Waals surface area (Å²) in [6.07, 6.45) is 0.666. The van der Waals surface area contributed by atoms with Crippen LogP contribution < -0.4 is 5.32 Å². The molecule has 1 unspecified atom stereocenters. The van der Waals surface area contributed by atoms with Crippen LogP contribution in [0.5, 0.6) is 5.75 Å². The zero-order valence-electron chi connectivity index (χ0n) is 10.2. The summed E-state index contributed by atoms with van der Waals surface area (Å²) in [4.78, 5) is 22.3. The molecule has 0 spiro atoms. The average molecular weight is 265 g/mol. The summed E-state index contributed by atoms with van der Waals surface area (Å²) in [5.74, 6) is -1.07. The van der Waals surface area contributed by atoms with Gasteiger partial charge in [0, 0.05) is 6.42 Å². The lowest BCUT2D eigenvalue weighted by Gasteiger charge is -2.14. The maximum Gasteiger partial charge on any atom is 0.408 e.